The first-order valence-corrected chi connectivity index (χ1v) is 7.22. The van der Waals surface area contributed by atoms with Gasteiger partial charge in [0.05, 0.1) is 0 Å². The van der Waals surface area contributed by atoms with Crippen LogP contribution in [0.2, 0.25) is 0 Å². The third kappa shape index (κ3) is 4.91. The molecular weight excluding hydrogens is 253 g/mol. The van der Waals surface area contributed by atoms with Gasteiger partial charge in [0.2, 0.25) is 0 Å². The fraction of sp³-hybridized carbons (Fsp3) is 1.00. The first-order valence-electron chi connectivity index (χ1n) is 5.01. The van der Waals surface area contributed by atoms with Gasteiger partial charge in [0.15, 0.2) is 0 Å². The fourth-order valence-electron chi connectivity index (χ4n) is 1.58. The predicted molar refractivity (Wildman–Crippen MR) is 53.4 cm³/mol. The van der Waals surface area contributed by atoms with Crippen LogP contribution >= 0.6 is 0 Å². The topological polar surface area (TPSA) is 63.9 Å². The zero-order valence-electron chi connectivity index (χ0n) is 9.33. The van der Waals surface area contributed by atoms with E-state index >= 15 is 0 Å². The summed E-state index contributed by atoms with van der Waals surface area (Å²) in [4.78, 5) is 0.983. The van der Waals surface area contributed by atoms with Crippen molar-refractivity contribution < 1.29 is 28.2 Å². The van der Waals surface area contributed by atoms with E-state index in [1.165, 1.54) is 0 Å². The van der Waals surface area contributed by atoms with Crippen molar-refractivity contribution in [3.8, 4) is 0 Å². The summed E-state index contributed by atoms with van der Waals surface area (Å²) in [6, 6.07) is -3.24. The van der Waals surface area contributed by atoms with Crippen molar-refractivity contribution in [2.24, 2.45) is 0 Å². The molecule has 0 aromatic heterocycles. The molecule has 1 heterocycles. The summed E-state index contributed by atoms with van der Waals surface area (Å²) in [7, 11) is -2.17. The third-order valence-electron chi connectivity index (χ3n) is 2.48. The van der Waals surface area contributed by atoms with Crippen LogP contribution in [-0.4, -0.2) is 95.1 Å². The number of hydrogen-bond donors (Lipinski definition) is 3. The van der Waals surface area contributed by atoms with Crippen LogP contribution in [0.3, 0.4) is 0 Å². The van der Waals surface area contributed by atoms with E-state index in [4.69, 9.17) is 15.1 Å². The molecule has 16 heavy (non-hydrogen) atoms. The third-order valence-corrected chi connectivity index (χ3v) is 3.67. The Hall–Kier alpha value is 1.33. The normalized spacial score (nSPS) is 29.3. The van der Waals surface area contributed by atoms with Gasteiger partial charge in [-0.05, 0) is 0 Å². The number of likely N-dealkylation sites (tertiary alicyclic amines) is 1. The van der Waals surface area contributed by atoms with E-state index in [2.05, 4.69) is 0 Å². The minimum absolute atomic E-state index is 0.0243. The summed E-state index contributed by atoms with van der Waals surface area (Å²) < 4.78 is 40.2. The van der Waals surface area contributed by atoms with Crippen molar-refractivity contribution >= 4 is 56.3 Å². The maximum Gasteiger partial charge on any atom is 0.631 e. The van der Waals surface area contributed by atoms with E-state index in [9.17, 15) is 13.2 Å². The Morgan fingerprint density at radius 2 is 1.75 bits per heavy atom. The van der Waals surface area contributed by atoms with Crippen LogP contribution < -0.4 is 0 Å². The maximum absolute atomic E-state index is 13.3. The molecule has 0 aliphatic carbocycles. The predicted octanol–water partition coefficient (Wildman–Crippen LogP) is -0.523. The fourth-order valence-corrected chi connectivity index (χ4v) is 2.69. The molecule has 1 unspecified atom stereocenters. The molecule has 3 N–H and O–H groups in total. The second kappa shape index (κ2) is 7.05. The molecule has 1 saturated heterocycles. The molecule has 0 radical (unpaired) electrons. The van der Waals surface area contributed by atoms with Crippen LogP contribution in [0.4, 0.5) is 13.2 Å². The van der Waals surface area contributed by atoms with Gasteiger partial charge in [0.25, 0.3) is 0 Å². The van der Waals surface area contributed by atoms with Crippen LogP contribution in [0, 0.1) is 0 Å². The smallest absolute Gasteiger partial charge is 0.402 e. The Bertz CT molecular complexity index is 218. The molecule has 0 saturated carbocycles. The molecule has 0 aromatic carbocycles. The molecular formula is C7H14BF3KNO3. The molecule has 9 heteroatoms. The molecule has 1 aliphatic heterocycles. The van der Waals surface area contributed by atoms with Crippen LogP contribution in [0.25, 0.3) is 0 Å². The van der Waals surface area contributed by atoms with Crippen molar-refractivity contribution in [2.45, 2.75) is 31.5 Å². The van der Waals surface area contributed by atoms with Crippen LogP contribution in [0.1, 0.15) is 19.8 Å². The SMILES string of the molecule is CC1(F)CCCN([CH2][K])C1(F)F.OB(O)O. The van der Waals surface area contributed by atoms with Crippen LogP contribution in [-0.2, 0) is 0 Å². The number of piperidine rings is 1. The molecule has 0 aromatic rings. The Labute approximate surface area is 127 Å². The standard InChI is InChI=1S/C7H11F3N.BH3O3.K/c1-6(8)4-3-5-11(2)7(6,9)10;2-1(3)4;/h2-5H2,1H3;2-4H;. The Morgan fingerprint density at radius 1 is 1.31 bits per heavy atom. The monoisotopic (exact) mass is 267 g/mol. The van der Waals surface area contributed by atoms with Crippen molar-refractivity contribution in [3.05, 3.63) is 0 Å². The summed E-state index contributed by atoms with van der Waals surface area (Å²) in [5, 5.41) is 21.5. The number of hydrogen-bond acceptors (Lipinski definition) is 4. The van der Waals surface area contributed by atoms with E-state index in [1.807, 2.05) is 0 Å². The van der Waals surface area contributed by atoms with E-state index in [0.717, 1.165) is 11.8 Å². The molecule has 0 bridgehead atoms. The van der Waals surface area contributed by atoms with E-state index in [1.54, 1.807) is 0 Å². The number of nitrogens with zero attached hydrogens (tertiary/aromatic N) is 1. The summed E-state index contributed by atoms with van der Waals surface area (Å²) in [5.74, 6) is 0. The van der Waals surface area contributed by atoms with Crippen LogP contribution in [0.5, 0.6) is 0 Å². The van der Waals surface area contributed by atoms with Crippen molar-refractivity contribution in [1.82, 2.24) is 4.90 Å². The summed E-state index contributed by atoms with van der Waals surface area (Å²) in [6.07, 6.45) is 0.516. The molecule has 1 atom stereocenters. The number of halogens is 3. The molecule has 1 fully saturated rings. The molecule has 0 spiro atoms. The Balaban J connectivity index is 0.000000487. The molecule has 4 nitrogen and oxygen atoms in total. The van der Waals surface area contributed by atoms with Gasteiger partial charge < -0.3 is 15.1 Å². The average Bonchev–Trinajstić information content (AvgIpc) is 2.08. The van der Waals surface area contributed by atoms with Gasteiger partial charge in [-0.3, -0.25) is 0 Å². The Kier molecular flexibility index (Phi) is 7.64. The Morgan fingerprint density at radius 3 is 2.06 bits per heavy atom. The maximum atomic E-state index is 13.3. The molecule has 1 aliphatic rings. The second-order valence-corrected chi connectivity index (χ2v) is 4.76. The summed E-state index contributed by atoms with van der Waals surface area (Å²) in [6.45, 7) is 1.34. The summed E-state index contributed by atoms with van der Waals surface area (Å²) >= 11 is 0.323. The number of alkyl halides is 3. The van der Waals surface area contributed by atoms with Gasteiger partial charge >= 0.3 is 113 Å². The van der Waals surface area contributed by atoms with Crippen molar-refractivity contribution in [3.63, 3.8) is 0 Å². The first kappa shape index (κ1) is 17.3. The van der Waals surface area contributed by atoms with Gasteiger partial charge in [-0.25, -0.2) is 0 Å². The average molecular weight is 267 g/mol. The molecule has 90 valence electrons. The minimum atomic E-state index is -3.24. The van der Waals surface area contributed by atoms with Gasteiger partial charge in [-0.2, -0.15) is 0 Å². The van der Waals surface area contributed by atoms with Crippen molar-refractivity contribution in [2.75, 3.05) is 7.18 Å². The quantitative estimate of drug-likeness (QED) is 0.442. The number of rotatable bonds is 1. The van der Waals surface area contributed by atoms with E-state index < -0.39 is 19.0 Å². The second-order valence-electron chi connectivity index (χ2n) is 3.77. The zero-order valence-corrected chi connectivity index (χ0v) is 12.5. The molecule has 1 rings (SSSR count). The van der Waals surface area contributed by atoms with Gasteiger partial charge in [0, 0.05) is 0 Å². The minimum Gasteiger partial charge on any atom is -0.402 e. The van der Waals surface area contributed by atoms with E-state index in [0.29, 0.717) is 62.6 Å². The first-order chi connectivity index (χ1) is 7.15. The largest absolute Gasteiger partial charge is 0.631 e. The zero-order chi connectivity index (χ0) is 13.0. The molecule has 0 amide bonds. The van der Waals surface area contributed by atoms with Crippen molar-refractivity contribution in [1.29, 1.82) is 0 Å². The van der Waals surface area contributed by atoms with E-state index in [-0.39, 0.29) is 6.42 Å². The van der Waals surface area contributed by atoms with Gasteiger partial charge in [0.1, 0.15) is 0 Å². The van der Waals surface area contributed by atoms with Crippen LogP contribution in [0.15, 0.2) is 0 Å². The van der Waals surface area contributed by atoms with Gasteiger partial charge in [-0.1, -0.05) is 0 Å². The van der Waals surface area contributed by atoms with Gasteiger partial charge in [-0.15, -0.1) is 0 Å². The summed E-state index contributed by atoms with van der Waals surface area (Å²) in [5.41, 5.74) is -2.33.